The van der Waals surface area contributed by atoms with E-state index in [1.54, 1.807) is 17.6 Å². The maximum absolute atomic E-state index is 12.1. The molecular weight excluding hydrogens is 344 g/mol. The highest BCUT2D eigenvalue weighted by atomic mass is 16.1. The largest absolute Gasteiger partial charge is 0.352 e. The summed E-state index contributed by atoms with van der Waals surface area (Å²) in [7, 11) is 3.80. The van der Waals surface area contributed by atoms with Gasteiger partial charge in [0.1, 0.15) is 0 Å². The van der Waals surface area contributed by atoms with Crippen molar-refractivity contribution >= 4 is 11.5 Å². The minimum atomic E-state index is -0.135. The van der Waals surface area contributed by atoms with Crippen molar-refractivity contribution in [3.8, 4) is 0 Å². The van der Waals surface area contributed by atoms with Gasteiger partial charge in [-0.3, -0.25) is 14.1 Å². The van der Waals surface area contributed by atoms with E-state index in [-0.39, 0.29) is 5.56 Å². The van der Waals surface area contributed by atoms with Gasteiger partial charge in [-0.25, -0.2) is 0 Å². The SMILES string of the molecule is CN(Cc1nnc2c(=O)n(C)ccn12)C1CN(c2cc3c(nn2)CCC3)C1. The lowest BCUT2D eigenvalue weighted by Crippen LogP contribution is -2.58. The Morgan fingerprint density at radius 2 is 2.00 bits per heavy atom. The van der Waals surface area contributed by atoms with Gasteiger partial charge in [-0.15, -0.1) is 15.3 Å². The Labute approximate surface area is 156 Å². The Morgan fingerprint density at radius 1 is 1.15 bits per heavy atom. The summed E-state index contributed by atoms with van der Waals surface area (Å²) >= 11 is 0. The van der Waals surface area contributed by atoms with Crippen molar-refractivity contribution in [2.45, 2.75) is 31.8 Å². The summed E-state index contributed by atoms with van der Waals surface area (Å²) in [6, 6.07) is 2.62. The van der Waals surface area contributed by atoms with Crippen molar-refractivity contribution in [2.24, 2.45) is 7.05 Å². The van der Waals surface area contributed by atoms with Crippen LogP contribution in [0.15, 0.2) is 23.3 Å². The molecule has 1 fully saturated rings. The normalized spacial score (nSPS) is 16.9. The fourth-order valence-corrected chi connectivity index (χ4v) is 3.87. The Bertz CT molecular complexity index is 1060. The van der Waals surface area contributed by atoms with Crippen LogP contribution in [0.25, 0.3) is 5.65 Å². The number of nitrogens with zero attached hydrogens (tertiary/aromatic N) is 8. The zero-order valence-corrected chi connectivity index (χ0v) is 15.5. The second kappa shape index (κ2) is 6.12. The first kappa shape index (κ1) is 16.4. The summed E-state index contributed by atoms with van der Waals surface area (Å²) in [5.74, 6) is 1.76. The van der Waals surface area contributed by atoms with Crippen LogP contribution in [0.2, 0.25) is 0 Å². The highest BCUT2D eigenvalue weighted by Crippen LogP contribution is 2.26. The van der Waals surface area contributed by atoms with Crippen LogP contribution in [0.4, 0.5) is 5.82 Å². The molecule has 0 unspecified atom stereocenters. The van der Waals surface area contributed by atoms with Crippen LogP contribution in [0.3, 0.4) is 0 Å². The highest BCUT2D eigenvalue weighted by molar-refractivity contribution is 5.45. The third kappa shape index (κ3) is 2.69. The summed E-state index contributed by atoms with van der Waals surface area (Å²) < 4.78 is 3.29. The van der Waals surface area contributed by atoms with Gasteiger partial charge in [0.25, 0.3) is 5.56 Å². The second-order valence-electron chi connectivity index (χ2n) is 7.53. The van der Waals surface area contributed by atoms with Gasteiger partial charge in [-0.1, -0.05) is 0 Å². The number of anilines is 1. The van der Waals surface area contributed by atoms with Gasteiger partial charge in [0.15, 0.2) is 11.6 Å². The molecule has 1 aliphatic heterocycles. The maximum Gasteiger partial charge on any atom is 0.295 e. The van der Waals surface area contributed by atoms with Crippen LogP contribution in [0, 0.1) is 0 Å². The van der Waals surface area contributed by atoms with Crippen LogP contribution in [0.5, 0.6) is 0 Å². The van der Waals surface area contributed by atoms with E-state index in [9.17, 15) is 4.79 Å². The number of fused-ring (bicyclic) bond motifs is 2. The van der Waals surface area contributed by atoms with Gasteiger partial charge < -0.3 is 9.47 Å². The number of hydrogen-bond acceptors (Lipinski definition) is 7. The first-order chi connectivity index (χ1) is 13.1. The van der Waals surface area contributed by atoms with E-state index in [0.717, 1.165) is 43.3 Å². The molecular formula is C18H22N8O. The monoisotopic (exact) mass is 366 g/mol. The van der Waals surface area contributed by atoms with E-state index in [2.05, 4.69) is 43.3 Å². The van der Waals surface area contributed by atoms with E-state index in [1.807, 2.05) is 6.20 Å². The lowest BCUT2D eigenvalue weighted by Gasteiger charge is -2.44. The topological polar surface area (TPSA) is 84.5 Å². The quantitative estimate of drug-likeness (QED) is 0.644. The minimum Gasteiger partial charge on any atom is -0.352 e. The highest BCUT2D eigenvalue weighted by Gasteiger charge is 2.32. The molecule has 140 valence electrons. The number of rotatable bonds is 4. The Kier molecular flexibility index (Phi) is 3.71. The predicted molar refractivity (Wildman–Crippen MR) is 99.8 cm³/mol. The summed E-state index contributed by atoms with van der Waals surface area (Å²) in [6.07, 6.45) is 6.94. The Hall–Kier alpha value is -2.81. The van der Waals surface area contributed by atoms with Gasteiger partial charge in [0.2, 0.25) is 5.65 Å². The van der Waals surface area contributed by atoms with Gasteiger partial charge in [0, 0.05) is 38.6 Å². The van der Waals surface area contributed by atoms with Crippen molar-refractivity contribution in [3.63, 3.8) is 0 Å². The standard InChI is InChI=1S/C18H22N8O/c1-23-6-7-26-16(21-22-17(26)18(23)27)11-24(2)13-9-25(10-13)15-8-12-4-3-5-14(12)19-20-15/h6-8,13H,3-5,9-11H2,1-2H3. The molecule has 3 aromatic heterocycles. The molecule has 5 rings (SSSR count). The van der Waals surface area contributed by atoms with Gasteiger partial charge in [-0.05, 0) is 37.9 Å². The van der Waals surface area contributed by atoms with Crippen LogP contribution in [-0.2, 0) is 26.4 Å². The molecule has 1 saturated heterocycles. The molecule has 0 radical (unpaired) electrons. The zero-order chi connectivity index (χ0) is 18.5. The minimum absolute atomic E-state index is 0.135. The molecule has 0 bridgehead atoms. The molecule has 9 nitrogen and oxygen atoms in total. The van der Waals surface area contributed by atoms with Crippen molar-refractivity contribution in [2.75, 3.05) is 25.0 Å². The molecule has 0 amide bonds. The Balaban J connectivity index is 1.26. The molecule has 0 atom stereocenters. The summed E-state index contributed by atoms with van der Waals surface area (Å²) in [5, 5.41) is 17.1. The summed E-state index contributed by atoms with van der Waals surface area (Å²) in [4.78, 5) is 16.6. The third-order valence-corrected chi connectivity index (χ3v) is 5.72. The smallest absolute Gasteiger partial charge is 0.295 e. The van der Waals surface area contributed by atoms with Gasteiger partial charge in [-0.2, -0.15) is 5.10 Å². The third-order valence-electron chi connectivity index (χ3n) is 5.72. The van der Waals surface area contributed by atoms with E-state index in [4.69, 9.17) is 0 Å². The van der Waals surface area contributed by atoms with Crippen LogP contribution < -0.4 is 10.5 Å². The fourth-order valence-electron chi connectivity index (χ4n) is 3.87. The molecule has 2 aliphatic rings. The molecule has 9 heteroatoms. The predicted octanol–water partition coefficient (Wildman–Crippen LogP) is 0.0273. The average Bonchev–Trinajstić information content (AvgIpc) is 3.24. The lowest BCUT2D eigenvalue weighted by molar-refractivity contribution is 0.192. The lowest BCUT2D eigenvalue weighted by atomic mass is 10.1. The van der Waals surface area contributed by atoms with Gasteiger partial charge >= 0.3 is 0 Å². The fraction of sp³-hybridized carbons (Fsp3) is 0.500. The first-order valence-corrected chi connectivity index (χ1v) is 9.30. The molecule has 0 aromatic carbocycles. The first-order valence-electron chi connectivity index (χ1n) is 9.30. The second-order valence-corrected chi connectivity index (χ2v) is 7.53. The van der Waals surface area contributed by atoms with Gasteiger partial charge in [0.05, 0.1) is 12.2 Å². The van der Waals surface area contributed by atoms with Crippen molar-refractivity contribution < 1.29 is 0 Å². The maximum atomic E-state index is 12.1. The molecule has 3 aromatic rings. The molecule has 1 aliphatic carbocycles. The van der Waals surface area contributed by atoms with E-state index < -0.39 is 0 Å². The van der Waals surface area contributed by atoms with E-state index in [0.29, 0.717) is 18.2 Å². The number of likely N-dealkylation sites (N-methyl/N-ethyl adjacent to an activating group) is 1. The summed E-state index contributed by atoms with van der Waals surface area (Å²) in [5.41, 5.74) is 2.75. The van der Waals surface area contributed by atoms with Crippen molar-refractivity contribution in [1.82, 2.24) is 34.3 Å². The number of aromatic nitrogens is 6. The molecule has 27 heavy (non-hydrogen) atoms. The molecule has 0 spiro atoms. The molecule has 0 saturated carbocycles. The Morgan fingerprint density at radius 3 is 2.85 bits per heavy atom. The number of aryl methyl sites for hydroxylation is 3. The van der Waals surface area contributed by atoms with E-state index in [1.165, 1.54) is 16.6 Å². The van der Waals surface area contributed by atoms with Crippen molar-refractivity contribution in [3.05, 3.63) is 45.9 Å². The average molecular weight is 366 g/mol. The van der Waals surface area contributed by atoms with Crippen LogP contribution >= 0.6 is 0 Å². The van der Waals surface area contributed by atoms with Crippen LogP contribution in [-0.4, -0.2) is 60.4 Å². The van der Waals surface area contributed by atoms with E-state index >= 15 is 0 Å². The summed E-state index contributed by atoms with van der Waals surface area (Å²) in [6.45, 7) is 2.48. The molecule has 0 N–H and O–H groups in total. The van der Waals surface area contributed by atoms with Crippen LogP contribution in [0.1, 0.15) is 23.5 Å². The molecule has 4 heterocycles. The number of hydrogen-bond donors (Lipinski definition) is 0. The van der Waals surface area contributed by atoms with Crippen molar-refractivity contribution in [1.29, 1.82) is 0 Å². The zero-order valence-electron chi connectivity index (χ0n) is 15.5.